The quantitative estimate of drug-likeness (QED) is 0.899. The van der Waals surface area contributed by atoms with E-state index in [9.17, 15) is 9.18 Å². The van der Waals surface area contributed by atoms with Crippen LogP contribution in [0, 0.1) is 12.7 Å². The van der Waals surface area contributed by atoms with Gasteiger partial charge in [0.1, 0.15) is 5.82 Å². The van der Waals surface area contributed by atoms with Gasteiger partial charge >= 0.3 is 0 Å². The number of benzene rings is 2. The first-order chi connectivity index (χ1) is 9.58. The summed E-state index contributed by atoms with van der Waals surface area (Å²) in [5, 5.41) is 2.56. The molecule has 2 rings (SSSR count). The predicted molar refractivity (Wildman–Crippen MR) is 77.9 cm³/mol. The Bertz CT molecular complexity index is 578. The van der Waals surface area contributed by atoms with E-state index in [2.05, 4.69) is 5.32 Å². The van der Waals surface area contributed by atoms with Gasteiger partial charge in [0.2, 0.25) is 5.91 Å². The standard InChI is InChI=1S/C16H17FN2O/c1-11-6-5-9-13(17)15(11)19-16(20)14(18)10-12-7-3-2-4-8-12/h2-9,14H,10,18H2,1H3,(H,19,20). The van der Waals surface area contributed by atoms with Crippen LogP contribution in [0.2, 0.25) is 0 Å². The third-order valence-corrected chi connectivity index (χ3v) is 3.11. The first kappa shape index (κ1) is 14.2. The molecule has 104 valence electrons. The Labute approximate surface area is 117 Å². The lowest BCUT2D eigenvalue weighted by Gasteiger charge is -2.14. The molecule has 0 saturated carbocycles. The molecule has 0 bridgehead atoms. The highest BCUT2D eigenvalue weighted by molar-refractivity contribution is 5.95. The summed E-state index contributed by atoms with van der Waals surface area (Å²) in [5.41, 5.74) is 7.70. The van der Waals surface area contributed by atoms with Crippen LogP contribution in [0.3, 0.4) is 0 Å². The molecule has 4 heteroatoms. The van der Waals surface area contributed by atoms with E-state index in [-0.39, 0.29) is 11.6 Å². The smallest absolute Gasteiger partial charge is 0.241 e. The number of rotatable bonds is 4. The van der Waals surface area contributed by atoms with E-state index in [1.165, 1.54) is 6.07 Å². The molecule has 0 fully saturated rings. The van der Waals surface area contributed by atoms with Crippen LogP contribution >= 0.6 is 0 Å². The van der Waals surface area contributed by atoms with E-state index in [1.807, 2.05) is 30.3 Å². The summed E-state index contributed by atoms with van der Waals surface area (Å²) in [7, 11) is 0. The normalized spacial score (nSPS) is 11.9. The van der Waals surface area contributed by atoms with Gasteiger partial charge in [-0.1, -0.05) is 42.5 Å². The second-order valence-electron chi connectivity index (χ2n) is 4.72. The fourth-order valence-electron chi connectivity index (χ4n) is 1.97. The minimum atomic E-state index is -0.712. The molecular weight excluding hydrogens is 255 g/mol. The molecular formula is C16H17FN2O. The van der Waals surface area contributed by atoms with Gasteiger partial charge in [-0.05, 0) is 30.5 Å². The Kier molecular flexibility index (Phi) is 4.48. The van der Waals surface area contributed by atoms with Crippen molar-refractivity contribution in [2.45, 2.75) is 19.4 Å². The second-order valence-corrected chi connectivity index (χ2v) is 4.72. The zero-order valence-corrected chi connectivity index (χ0v) is 11.3. The number of carbonyl (C=O) groups is 1. The van der Waals surface area contributed by atoms with Gasteiger partial charge in [0.25, 0.3) is 0 Å². The van der Waals surface area contributed by atoms with Crippen molar-refractivity contribution >= 4 is 11.6 Å². The Morgan fingerprint density at radius 1 is 1.20 bits per heavy atom. The summed E-state index contributed by atoms with van der Waals surface area (Å²) >= 11 is 0. The van der Waals surface area contributed by atoms with Crippen molar-refractivity contribution in [1.29, 1.82) is 0 Å². The van der Waals surface area contributed by atoms with Crippen molar-refractivity contribution in [2.24, 2.45) is 5.73 Å². The van der Waals surface area contributed by atoms with Gasteiger partial charge < -0.3 is 11.1 Å². The Balaban J connectivity index is 2.05. The molecule has 2 aromatic carbocycles. The van der Waals surface area contributed by atoms with E-state index in [0.717, 1.165) is 5.56 Å². The van der Waals surface area contributed by atoms with Crippen molar-refractivity contribution in [3.05, 3.63) is 65.5 Å². The van der Waals surface area contributed by atoms with Gasteiger partial charge in [0.05, 0.1) is 11.7 Å². The zero-order chi connectivity index (χ0) is 14.5. The highest BCUT2D eigenvalue weighted by atomic mass is 19.1. The van der Waals surface area contributed by atoms with Gasteiger partial charge in [-0.3, -0.25) is 4.79 Å². The van der Waals surface area contributed by atoms with Crippen molar-refractivity contribution in [2.75, 3.05) is 5.32 Å². The Hall–Kier alpha value is -2.20. The summed E-state index contributed by atoms with van der Waals surface area (Å²) in [5.74, 6) is -0.840. The highest BCUT2D eigenvalue weighted by Gasteiger charge is 2.16. The number of anilines is 1. The minimum absolute atomic E-state index is 0.195. The number of nitrogens with one attached hydrogen (secondary N) is 1. The summed E-state index contributed by atoms with van der Waals surface area (Å²) < 4.78 is 13.6. The molecule has 1 atom stereocenters. The molecule has 20 heavy (non-hydrogen) atoms. The average molecular weight is 272 g/mol. The first-order valence-electron chi connectivity index (χ1n) is 6.43. The molecule has 0 heterocycles. The first-order valence-corrected chi connectivity index (χ1v) is 6.43. The van der Waals surface area contributed by atoms with Crippen LogP contribution in [-0.2, 0) is 11.2 Å². The molecule has 0 saturated heterocycles. The van der Waals surface area contributed by atoms with Crippen LogP contribution in [0.1, 0.15) is 11.1 Å². The van der Waals surface area contributed by atoms with Crippen molar-refractivity contribution in [3.63, 3.8) is 0 Å². The molecule has 0 radical (unpaired) electrons. The molecule has 0 aliphatic carbocycles. The number of nitrogens with two attached hydrogens (primary N) is 1. The van der Waals surface area contributed by atoms with Crippen molar-refractivity contribution < 1.29 is 9.18 Å². The zero-order valence-electron chi connectivity index (χ0n) is 11.3. The lowest BCUT2D eigenvalue weighted by molar-refractivity contribution is -0.117. The summed E-state index contributed by atoms with van der Waals surface area (Å²) in [6.45, 7) is 1.74. The average Bonchev–Trinajstić information content (AvgIpc) is 2.44. The number of hydrogen-bond acceptors (Lipinski definition) is 2. The summed E-state index contributed by atoms with van der Waals surface area (Å²) in [6.07, 6.45) is 0.417. The number of amides is 1. The van der Waals surface area contributed by atoms with E-state index in [0.29, 0.717) is 12.0 Å². The molecule has 3 nitrogen and oxygen atoms in total. The molecule has 0 aliphatic heterocycles. The largest absolute Gasteiger partial charge is 0.322 e. The highest BCUT2D eigenvalue weighted by Crippen LogP contribution is 2.19. The number of hydrogen-bond donors (Lipinski definition) is 2. The number of para-hydroxylation sites is 1. The van der Waals surface area contributed by atoms with Gasteiger partial charge in [-0.25, -0.2) is 4.39 Å². The van der Waals surface area contributed by atoms with Crippen LogP contribution in [0.4, 0.5) is 10.1 Å². The third-order valence-electron chi connectivity index (χ3n) is 3.11. The molecule has 0 spiro atoms. The number of halogens is 1. The van der Waals surface area contributed by atoms with Crippen LogP contribution in [0.25, 0.3) is 0 Å². The van der Waals surface area contributed by atoms with Crippen LogP contribution in [0.15, 0.2) is 48.5 Å². The van der Waals surface area contributed by atoms with Gasteiger partial charge in [0.15, 0.2) is 0 Å². The monoisotopic (exact) mass is 272 g/mol. The van der Waals surface area contributed by atoms with Crippen LogP contribution in [0.5, 0.6) is 0 Å². The molecule has 0 aliphatic rings. The molecule has 1 unspecified atom stereocenters. The van der Waals surface area contributed by atoms with Gasteiger partial charge in [-0.2, -0.15) is 0 Å². The Morgan fingerprint density at radius 3 is 2.55 bits per heavy atom. The topological polar surface area (TPSA) is 55.1 Å². The fraction of sp³-hybridized carbons (Fsp3) is 0.188. The van der Waals surface area contributed by atoms with Crippen LogP contribution < -0.4 is 11.1 Å². The maximum Gasteiger partial charge on any atom is 0.241 e. The number of aryl methyl sites for hydroxylation is 1. The molecule has 1 amide bonds. The fourth-order valence-corrected chi connectivity index (χ4v) is 1.97. The maximum atomic E-state index is 13.6. The molecule has 3 N–H and O–H groups in total. The Morgan fingerprint density at radius 2 is 1.90 bits per heavy atom. The van der Waals surface area contributed by atoms with Crippen LogP contribution in [-0.4, -0.2) is 11.9 Å². The van der Waals surface area contributed by atoms with E-state index in [1.54, 1.807) is 19.1 Å². The summed E-state index contributed by atoms with van der Waals surface area (Å²) in [4.78, 5) is 12.0. The SMILES string of the molecule is Cc1cccc(F)c1NC(=O)C(N)Cc1ccccc1. The third kappa shape index (κ3) is 3.42. The van der Waals surface area contributed by atoms with Gasteiger partial charge in [0, 0.05) is 0 Å². The minimum Gasteiger partial charge on any atom is -0.322 e. The predicted octanol–water partition coefficient (Wildman–Crippen LogP) is 2.64. The maximum absolute atomic E-state index is 13.6. The van der Waals surface area contributed by atoms with Crippen molar-refractivity contribution in [3.8, 4) is 0 Å². The molecule has 0 aromatic heterocycles. The van der Waals surface area contributed by atoms with Crippen molar-refractivity contribution in [1.82, 2.24) is 0 Å². The second kappa shape index (κ2) is 6.30. The molecule has 2 aromatic rings. The number of carbonyl (C=O) groups excluding carboxylic acids is 1. The lowest BCUT2D eigenvalue weighted by Crippen LogP contribution is -2.37. The van der Waals surface area contributed by atoms with E-state index >= 15 is 0 Å². The van der Waals surface area contributed by atoms with Gasteiger partial charge in [-0.15, -0.1) is 0 Å². The van der Waals surface area contributed by atoms with E-state index < -0.39 is 11.9 Å². The lowest BCUT2D eigenvalue weighted by atomic mass is 10.1. The summed E-state index contributed by atoms with van der Waals surface area (Å²) in [6, 6.07) is 13.4. The van der Waals surface area contributed by atoms with E-state index in [4.69, 9.17) is 5.73 Å².